The van der Waals surface area contributed by atoms with Crippen LogP contribution in [-0.2, 0) is 0 Å². The van der Waals surface area contributed by atoms with Gasteiger partial charge < -0.3 is 16.0 Å². The highest BCUT2D eigenvalue weighted by Crippen LogP contribution is 2.25. The molecule has 2 aliphatic rings. The van der Waals surface area contributed by atoms with Crippen LogP contribution in [0, 0.1) is 0 Å². The number of anilines is 1. The third-order valence-corrected chi connectivity index (χ3v) is 7.50. The number of nitrogens with one attached hydrogen (secondary N) is 1. The molecular weight excluding hydrogens is 402 g/mol. The number of rotatable bonds is 7. The highest BCUT2D eigenvalue weighted by molar-refractivity contribution is 7.99. The fourth-order valence-corrected chi connectivity index (χ4v) is 5.41. The van der Waals surface area contributed by atoms with Crippen molar-refractivity contribution >= 4 is 34.2 Å². The Morgan fingerprint density at radius 2 is 1.74 bits per heavy atom. The van der Waals surface area contributed by atoms with Crippen molar-refractivity contribution in [3.63, 3.8) is 0 Å². The summed E-state index contributed by atoms with van der Waals surface area (Å²) in [5.74, 6) is 3.04. The number of nitrogens with zero attached hydrogens (tertiary/aromatic N) is 3. The monoisotopic (exact) mass is 439 g/mol. The number of benzene rings is 2. The molecule has 1 aliphatic carbocycles. The van der Waals surface area contributed by atoms with Gasteiger partial charge in [0.05, 0.1) is 6.54 Å². The van der Waals surface area contributed by atoms with Crippen molar-refractivity contribution in [2.24, 2.45) is 10.7 Å². The average Bonchev–Trinajstić information content (AvgIpc) is 2.84. The van der Waals surface area contributed by atoms with Gasteiger partial charge in [0.15, 0.2) is 5.96 Å². The Morgan fingerprint density at radius 3 is 2.55 bits per heavy atom. The number of hydrogen-bond donors (Lipinski definition) is 2. The molecule has 1 aliphatic heterocycles. The highest BCUT2D eigenvalue weighted by Gasteiger charge is 2.26. The molecule has 4 rings (SSSR count). The lowest BCUT2D eigenvalue weighted by molar-refractivity contribution is 0.107. The number of piperazine rings is 1. The van der Waals surface area contributed by atoms with Crippen molar-refractivity contribution in [1.82, 2.24) is 9.80 Å². The lowest BCUT2D eigenvalue weighted by Crippen LogP contribution is -2.53. The molecule has 0 bridgehead atoms. The van der Waals surface area contributed by atoms with Crippen molar-refractivity contribution < 1.29 is 0 Å². The first-order valence-corrected chi connectivity index (χ1v) is 13.1. The Labute approximate surface area is 191 Å². The molecule has 0 atom stereocenters. The minimum atomic E-state index is 0.735. The van der Waals surface area contributed by atoms with Gasteiger partial charge in [0.1, 0.15) is 0 Å². The normalized spacial score (nSPS) is 19.1. The molecule has 0 spiro atoms. The first-order chi connectivity index (χ1) is 15.3. The lowest BCUT2D eigenvalue weighted by Gasteiger charge is -2.41. The molecule has 0 amide bonds. The first kappa shape index (κ1) is 22.4. The van der Waals surface area contributed by atoms with Crippen molar-refractivity contribution in [2.75, 3.05) is 56.1 Å². The number of nitrogens with two attached hydrogens (primary N) is 1. The molecule has 6 heteroatoms. The summed E-state index contributed by atoms with van der Waals surface area (Å²) in [5.41, 5.74) is 6.78. The van der Waals surface area contributed by atoms with E-state index in [2.05, 4.69) is 57.6 Å². The summed E-state index contributed by atoms with van der Waals surface area (Å²) in [5, 5.41) is 6.20. The van der Waals surface area contributed by atoms with Crippen LogP contribution < -0.4 is 11.1 Å². The number of thioether (sulfide) groups is 1. The summed E-state index contributed by atoms with van der Waals surface area (Å²) < 4.78 is 0. The molecule has 2 aromatic rings. The van der Waals surface area contributed by atoms with E-state index >= 15 is 0 Å². The Bertz CT molecular complexity index is 835. The van der Waals surface area contributed by atoms with Crippen LogP contribution in [0.25, 0.3) is 10.8 Å². The van der Waals surface area contributed by atoms with E-state index in [1.807, 2.05) is 11.8 Å². The Morgan fingerprint density at radius 1 is 0.968 bits per heavy atom. The SMILES string of the molecule is NCCSCCN=C(Nc1cccc2ccccc12)N1CCN(C2CCCCC2)CC1. The van der Waals surface area contributed by atoms with Crippen molar-refractivity contribution in [3.05, 3.63) is 42.5 Å². The Balaban J connectivity index is 1.44. The van der Waals surface area contributed by atoms with Crippen molar-refractivity contribution in [1.29, 1.82) is 0 Å². The van der Waals surface area contributed by atoms with E-state index in [-0.39, 0.29) is 0 Å². The minimum absolute atomic E-state index is 0.735. The summed E-state index contributed by atoms with van der Waals surface area (Å²) in [6.45, 7) is 5.93. The van der Waals surface area contributed by atoms with Crippen LogP contribution in [0.1, 0.15) is 32.1 Å². The summed E-state index contributed by atoms with van der Waals surface area (Å²) in [4.78, 5) is 10.2. The molecule has 0 unspecified atom stereocenters. The number of hydrogen-bond acceptors (Lipinski definition) is 4. The molecule has 168 valence electrons. The van der Waals surface area contributed by atoms with Crippen LogP contribution in [-0.4, -0.2) is 72.6 Å². The van der Waals surface area contributed by atoms with E-state index in [9.17, 15) is 0 Å². The van der Waals surface area contributed by atoms with Crippen molar-refractivity contribution in [3.8, 4) is 0 Å². The zero-order chi connectivity index (χ0) is 21.3. The third-order valence-electron chi connectivity index (χ3n) is 6.50. The molecule has 3 N–H and O–H groups in total. The summed E-state index contributed by atoms with van der Waals surface area (Å²) >= 11 is 1.88. The largest absolute Gasteiger partial charge is 0.340 e. The number of guanidine groups is 1. The molecule has 2 aromatic carbocycles. The van der Waals surface area contributed by atoms with Gasteiger partial charge in [-0.05, 0) is 24.3 Å². The maximum Gasteiger partial charge on any atom is 0.198 e. The van der Waals surface area contributed by atoms with Gasteiger partial charge in [0, 0.05) is 61.3 Å². The standard InChI is InChI=1S/C25H37N5S/c26-13-19-31-20-14-27-25(28-24-12-6-8-21-7-4-5-11-23(21)24)30-17-15-29(16-18-30)22-9-2-1-3-10-22/h4-8,11-12,22H,1-3,9-10,13-20,26H2,(H,27,28). The van der Waals surface area contributed by atoms with Crippen LogP contribution >= 0.6 is 11.8 Å². The maximum absolute atomic E-state index is 5.64. The minimum Gasteiger partial charge on any atom is -0.340 e. The number of aliphatic imine (C=N–C) groups is 1. The molecule has 1 heterocycles. The topological polar surface area (TPSA) is 56.9 Å². The van der Waals surface area contributed by atoms with Gasteiger partial charge in [-0.2, -0.15) is 11.8 Å². The van der Waals surface area contributed by atoms with E-state index in [0.717, 1.165) is 68.5 Å². The first-order valence-electron chi connectivity index (χ1n) is 11.9. The van der Waals surface area contributed by atoms with Crippen LogP contribution in [0.15, 0.2) is 47.5 Å². The fraction of sp³-hybridized carbons (Fsp3) is 0.560. The summed E-state index contributed by atoms with van der Waals surface area (Å²) in [6, 6.07) is 15.8. The van der Waals surface area contributed by atoms with Gasteiger partial charge in [-0.3, -0.25) is 9.89 Å². The van der Waals surface area contributed by atoms with Crippen molar-refractivity contribution in [2.45, 2.75) is 38.1 Å². The molecule has 1 saturated heterocycles. The third kappa shape index (κ3) is 6.15. The molecule has 31 heavy (non-hydrogen) atoms. The molecular formula is C25H37N5S. The molecule has 0 radical (unpaired) electrons. The maximum atomic E-state index is 5.64. The zero-order valence-electron chi connectivity index (χ0n) is 18.6. The second-order valence-corrected chi connectivity index (χ2v) is 9.80. The predicted octanol–water partition coefficient (Wildman–Crippen LogP) is 4.25. The second kappa shape index (κ2) is 11.7. The van der Waals surface area contributed by atoms with Gasteiger partial charge in [0.2, 0.25) is 0 Å². The summed E-state index contributed by atoms with van der Waals surface area (Å²) in [7, 11) is 0. The predicted molar refractivity (Wildman–Crippen MR) is 136 cm³/mol. The highest BCUT2D eigenvalue weighted by atomic mass is 32.2. The van der Waals surface area contributed by atoms with Crippen LogP contribution in [0.4, 0.5) is 5.69 Å². The fourth-order valence-electron chi connectivity index (χ4n) is 4.82. The molecule has 2 fully saturated rings. The van der Waals surface area contributed by atoms with Gasteiger partial charge in [-0.1, -0.05) is 55.7 Å². The zero-order valence-corrected chi connectivity index (χ0v) is 19.5. The average molecular weight is 440 g/mol. The second-order valence-electron chi connectivity index (χ2n) is 8.57. The van der Waals surface area contributed by atoms with E-state index in [1.165, 1.54) is 42.9 Å². The Kier molecular flexibility index (Phi) is 8.50. The molecule has 5 nitrogen and oxygen atoms in total. The smallest absolute Gasteiger partial charge is 0.198 e. The van der Waals surface area contributed by atoms with Crippen LogP contribution in [0.5, 0.6) is 0 Å². The summed E-state index contributed by atoms with van der Waals surface area (Å²) in [6.07, 6.45) is 6.99. The number of fused-ring (bicyclic) bond motifs is 1. The Hall–Kier alpha value is -1.76. The van der Waals surface area contributed by atoms with Crippen LogP contribution in [0.3, 0.4) is 0 Å². The van der Waals surface area contributed by atoms with E-state index in [4.69, 9.17) is 10.7 Å². The van der Waals surface area contributed by atoms with Gasteiger partial charge in [0.25, 0.3) is 0 Å². The van der Waals surface area contributed by atoms with Gasteiger partial charge in [-0.25, -0.2) is 0 Å². The molecule has 1 saturated carbocycles. The van der Waals surface area contributed by atoms with Crippen LogP contribution in [0.2, 0.25) is 0 Å². The quantitative estimate of drug-likeness (QED) is 0.384. The van der Waals surface area contributed by atoms with Gasteiger partial charge >= 0.3 is 0 Å². The van der Waals surface area contributed by atoms with E-state index in [1.54, 1.807) is 0 Å². The van der Waals surface area contributed by atoms with E-state index < -0.39 is 0 Å². The lowest BCUT2D eigenvalue weighted by atomic mass is 9.94. The molecule has 0 aromatic heterocycles. The van der Waals surface area contributed by atoms with E-state index in [0.29, 0.717) is 0 Å². The van der Waals surface area contributed by atoms with Gasteiger partial charge in [-0.15, -0.1) is 0 Å².